The molecule has 3 aromatic heterocycles. The highest BCUT2D eigenvalue weighted by Crippen LogP contribution is 2.31. The summed E-state index contributed by atoms with van der Waals surface area (Å²) in [6.45, 7) is 5.59. The van der Waals surface area contributed by atoms with Gasteiger partial charge in [-0.25, -0.2) is 0 Å². The first-order valence-electron chi connectivity index (χ1n) is 18.7. The third-order valence-corrected chi connectivity index (χ3v) is 10.8. The van der Waals surface area contributed by atoms with E-state index in [2.05, 4.69) is 31.9 Å². The second-order valence-corrected chi connectivity index (χ2v) is 14.9. The number of aliphatic hydroxyl groups is 6. The first-order chi connectivity index (χ1) is 27.2. The molecule has 18 nitrogen and oxygen atoms in total. The van der Waals surface area contributed by atoms with Crippen molar-refractivity contribution in [3.8, 4) is 0 Å². The van der Waals surface area contributed by atoms with Crippen LogP contribution in [-0.2, 0) is 19.6 Å². The zero-order valence-corrected chi connectivity index (χ0v) is 31.5. The number of aryl methyl sites for hydroxylation is 3. The molecular formula is C39H48N6O12. The molecule has 3 amide bonds. The molecule has 57 heavy (non-hydrogen) atoms. The van der Waals surface area contributed by atoms with Crippen LogP contribution in [0.25, 0.3) is 0 Å². The van der Waals surface area contributed by atoms with E-state index >= 15 is 0 Å². The van der Waals surface area contributed by atoms with Crippen molar-refractivity contribution in [2.75, 3.05) is 19.6 Å². The number of carbonyl (C=O) groups excluding carboxylic acids is 3. The van der Waals surface area contributed by atoms with Crippen molar-refractivity contribution in [3.63, 3.8) is 0 Å². The van der Waals surface area contributed by atoms with E-state index in [-0.39, 0.29) is 56.0 Å². The average molecular weight is 793 g/mol. The van der Waals surface area contributed by atoms with Crippen molar-refractivity contribution in [1.82, 2.24) is 31.9 Å². The van der Waals surface area contributed by atoms with Crippen LogP contribution in [0.3, 0.4) is 0 Å². The molecule has 1 aromatic carbocycles. The molecular weight excluding hydrogens is 744 g/mol. The van der Waals surface area contributed by atoms with Crippen LogP contribution in [0.15, 0.2) is 49.6 Å². The van der Waals surface area contributed by atoms with Gasteiger partial charge in [-0.15, -0.1) is 0 Å². The van der Waals surface area contributed by atoms with Crippen LogP contribution < -0.4 is 31.9 Å². The highest BCUT2D eigenvalue weighted by molar-refractivity contribution is 5.96. The van der Waals surface area contributed by atoms with Crippen molar-refractivity contribution in [2.45, 2.75) is 95.2 Å². The maximum Gasteiger partial charge on any atom is 0.255 e. The maximum atomic E-state index is 13.4. The first-order valence-corrected chi connectivity index (χ1v) is 18.7. The van der Waals surface area contributed by atoms with E-state index in [9.17, 15) is 45.0 Å². The van der Waals surface area contributed by atoms with Crippen LogP contribution in [-0.4, -0.2) is 105 Å². The van der Waals surface area contributed by atoms with Crippen molar-refractivity contribution in [1.29, 1.82) is 0 Å². The Kier molecular flexibility index (Phi) is 11.7. The minimum atomic E-state index is -1.09. The first kappa shape index (κ1) is 40.3. The van der Waals surface area contributed by atoms with Crippen molar-refractivity contribution < 1.29 is 58.3 Å². The van der Waals surface area contributed by atoms with Crippen molar-refractivity contribution >= 4 is 17.7 Å². The lowest BCUT2D eigenvalue weighted by atomic mass is 10.0. The monoisotopic (exact) mass is 792 g/mol. The van der Waals surface area contributed by atoms with E-state index < -0.39 is 72.5 Å². The van der Waals surface area contributed by atoms with Crippen molar-refractivity contribution in [2.24, 2.45) is 0 Å². The maximum absolute atomic E-state index is 13.4. The van der Waals surface area contributed by atoms with Crippen molar-refractivity contribution in [3.05, 3.63) is 104 Å². The van der Waals surface area contributed by atoms with E-state index in [0.717, 1.165) is 0 Å². The molecule has 0 aliphatic carbocycles. The summed E-state index contributed by atoms with van der Waals surface area (Å²) in [6, 6.07) is 7.98. The van der Waals surface area contributed by atoms with Gasteiger partial charge in [0, 0.05) is 39.3 Å². The third kappa shape index (κ3) is 8.40. The molecule has 0 spiro atoms. The van der Waals surface area contributed by atoms with Crippen LogP contribution in [0.4, 0.5) is 0 Å². The highest BCUT2D eigenvalue weighted by Gasteiger charge is 2.39. The van der Waals surface area contributed by atoms with Crippen LogP contribution in [0, 0.1) is 20.8 Å². The van der Waals surface area contributed by atoms with Crippen LogP contribution >= 0.6 is 0 Å². The highest BCUT2D eigenvalue weighted by atomic mass is 16.4. The number of furan rings is 3. The summed E-state index contributed by atoms with van der Waals surface area (Å²) in [5.41, 5.74) is 2.72. The van der Waals surface area contributed by atoms with Gasteiger partial charge in [0.1, 0.15) is 52.9 Å². The van der Waals surface area contributed by atoms with Crippen LogP contribution in [0.5, 0.6) is 0 Å². The number of aliphatic hydroxyl groups excluding tert-OH is 6. The molecule has 6 heterocycles. The molecule has 0 bridgehead atoms. The van der Waals surface area contributed by atoms with Gasteiger partial charge in [-0.2, -0.15) is 0 Å². The second kappa shape index (κ2) is 16.5. The molecule has 3 aliphatic rings. The third-order valence-electron chi connectivity index (χ3n) is 10.8. The van der Waals surface area contributed by atoms with Gasteiger partial charge in [-0.1, -0.05) is 18.2 Å². The molecule has 0 radical (unpaired) electrons. The SMILES string of the molecule is Cc1oc([C@@H]2NC[C@@H](O)[C@H]2O)cc1C(=O)NCc1cc(CNC(=O)c2cc([C@@H]3NC[C@@H](O)[C@H]3O)oc2C)cc(CNC(=O)c2cc([C@@H]3NC[C@@H](O)[C@H]3O)oc2C)c1. The Labute approximate surface area is 326 Å². The van der Waals surface area contributed by atoms with Gasteiger partial charge in [0.05, 0.1) is 53.1 Å². The summed E-state index contributed by atoms with van der Waals surface area (Å²) < 4.78 is 17.3. The zero-order chi connectivity index (χ0) is 40.7. The Morgan fingerprint density at radius 1 is 0.509 bits per heavy atom. The lowest BCUT2D eigenvalue weighted by molar-refractivity contribution is 0.0368. The zero-order valence-electron chi connectivity index (χ0n) is 31.5. The minimum Gasteiger partial charge on any atom is -0.464 e. The summed E-state index contributed by atoms with van der Waals surface area (Å²) in [5.74, 6) is 0.629. The van der Waals surface area contributed by atoms with E-state index in [1.54, 1.807) is 39.0 Å². The Bertz CT molecular complexity index is 1880. The molecule has 12 N–H and O–H groups in total. The van der Waals surface area contributed by atoms with E-state index in [1.165, 1.54) is 18.2 Å². The summed E-state index contributed by atoms with van der Waals surface area (Å²) in [7, 11) is 0. The van der Waals surface area contributed by atoms with Gasteiger partial charge in [0.2, 0.25) is 0 Å². The summed E-state index contributed by atoms with van der Waals surface area (Å²) in [5, 5.41) is 78.4. The molecule has 3 fully saturated rings. The number of nitrogens with one attached hydrogen (secondary N) is 6. The lowest BCUT2D eigenvalue weighted by Gasteiger charge is -2.13. The summed E-state index contributed by atoms with van der Waals surface area (Å²) >= 11 is 0. The Balaban J connectivity index is 1.06. The Hall–Kier alpha value is -4.89. The van der Waals surface area contributed by atoms with E-state index in [4.69, 9.17) is 13.3 Å². The predicted octanol–water partition coefficient (Wildman–Crippen LogP) is -0.721. The molecule has 306 valence electrons. The van der Waals surface area contributed by atoms with Gasteiger partial charge in [0.15, 0.2) is 0 Å². The topological polar surface area (TPSA) is 284 Å². The van der Waals surface area contributed by atoms with Gasteiger partial charge in [-0.05, 0) is 55.7 Å². The van der Waals surface area contributed by atoms with E-state index in [1.807, 2.05) is 0 Å². The average Bonchev–Trinajstić information content (AvgIpc) is 4.04. The molecule has 4 aromatic rings. The lowest BCUT2D eigenvalue weighted by Crippen LogP contribution is -2.26. The fourth-order valence-corrected chi connectivity index (χ4v) is 7.57. The molecule has 18 heteroatoms. The number of rotatable bonds is 12. The second-order valence-electron chi connectivity index (χ2n) is 14.9. The molecule has 7 rings (SSSR count). The largest absolute Gasteiger partial charge is 0.464 e. The number of hydrogen-bond donors (Lipinski definition) is 12. The van der Waals surface area contributed by atoms with Gasteiger partial charge in [0.25, 0.3) is 17.7 Å². The number of hydrogen-bond acceptors (Lipinski definition) is 15. The summed E-state index contributed by atoms with van der Waals surface area (Å²) in [6.07, 6.45) is -6.17. The Morgan fingerprint density at radius 2 is 0.772 bits per heavy atom. The van der Waals surface area contributed by atoms with Crippen LogP contribution in [0.2, 0.25) is 0 Å². The predicted molar refractivity (Wildman–Crippen MR) is 199 cm³/mol. The smallest absolute Gasteiger partial charge is 0.255 e. The van der Waals surface area contributed by atoms with Crippen LogP contribution in [0.1, 0.15) is 100 Å². The van der Waals surface area contributed by atoms with Gasteiger partial charge in [-0.3, -0.25) is 14.4 Å². The molecule has 0 unspecified atom stereocenters. The number of benzene rings is 1. The fourth-order valence-electron chi connectivity index (χ4n) is 7.57. The number of carbonyl (C=O) groups is 3. The van der Waals surface area contributed by atoms with Gasteiger partial charge >= 0.3 is 0 Å². The molecule has 3 saturated heterocycles. The number of β-amino-alcohol motifs (C(OH)–C–C–N with tert-alkyl or cyclic N) is 3. The molecule has 9 atom stereocenters. The molecule has 3 aliphatic heterocycles. The number of amides is 3. The Morgan fingerprint density at radius 3 is 1.00 bits per heavy atom. The quantitative estimate of drug-likeness (QED) is 0.0844. The van der Waals surface area contributed by atoms with Gasteiger partial charge < -0.3 is 75.8 Å². The minimum absolute atomic E-state index is 0.0596. The fraction of sp³-hybridized carbons (Fsp3) is 0.462. The standard InChI is InChI=1S/C39H48N6O12/c1-16-22(7-28(55-16)31-34(49)25(46)13-40-31)37(52)43-10-19-4-20(11-44-38(53)23-8-29(56-17(23)2)32-35(50)26(47)14-41-32)6-21(5-19)12-45-39(54)24-9-30(57-18(24)3)33-36(51)27(48)15-42-33/h4-9,25-27,31-36,40-42,46-51H,10-15H2,1-3H3,(H,43,52)(H,44,53)(H,45,54)/t25-,26-,27-,31+,32+,33+,34-,35-,36-/m1/s1. The summed E-state index contributed by atoms with van der Waals surface area (Å²) in [4.78, 5) is 40.1. The normalized spacial score (nSPS) is 27.2. The van der Waals surface area contributed by atoms with E-state index in [0.29, 0.717) is 51.3 Å². The molecule has 0 saturated carbocycles.